The number of benzene rings is 1. The zero-order valence-corrected chi connectivity index (χ0v) is 23.5. The van der Waals surface area contributed by atoms with E-state index in [4.69, 9.17) is 4.74 Å². The molecule has 1 aromatic carbocycles. The van der Waals surface area contributed by atoms with Crippen LogP contribution in [0.3, 0.4) is 0 Å². The lowest BCUT2D eigenvalue weighted by Crippen LogP contribution is -2.67. The number of carbonyl (C=O) groups is 2. The lowest BCUT2D eigenvalue weighted by Gasteiger charge is -2.54. The molecule has 10 nitrogen and oxygen atoms in total. The second-order valence-corrected chi connectivity index (χ2v) is 13.9. The molecule has 0 radical (unpaired) electrons. The Morgan fingerprint density at radius 1 is 1.18 bits per heavy atom. The van der Waals surface area contributed by atoms with Gasteiger partial charge in [0, 0.05) is 43.8 Å². The number of amides is 2. The molecule has 0 bridgehead atoms. The van der Waals surface area contributed by atoms with E-state index in [1.165, 1.54) is 0 Å². The van der Waals surface area contributed by atoms with Crippen molar-refractivity contribution in [2.45, 2.75) is 44.2 Å². The summed E-state index contributed by atoms with van der Waals surface area (Å²) in [4.78, 5) is 42.4. The maximum atomic E-state index is 13.3. The second-order valence-electron chi connectivity index (χ2n) is 11.9. The van der Waals surface area contributed by atoms with Gasteiger partial charge in [-0.25, -0.2) is 13.4 Å². The Balaban J connectivity index is 1.21. The average molecular weight is 562 g/mol. The molecule has 7 rings (SSSR count). The van der Waals surface area contributed by atoms with Gasteiger partial charge in [-0.2, -0.15) is 0 Å². The van der Waals surface area contributed by atoms with Crippen LogP contribution in [0.15, 0.2) is 35.4 Å². The Bertz CT molecular complexity index is 1680. The standard InChI is InChI=1S/C29H31N5O5S/c1-16-25(28(36)33-12-29(13-33)14-39-15-29)32-26(31-16)22-9-19(6-7-30-22)20-8-21-11-34(17(2)18-4-5-18)27(35)24(21)23(10-20)40(3,37)38/h6-10,17-18H,4-5,11-15H2,1-3H3,(H,31,32)/t17-/m0/s1. The number of likely N-dealkylation sites (tertiary alicyclic amines) is 1. The number of hydrogen-bond donors (Lipinski definition) is 1. The van der Waals surface area contributed by atoms with Gasteiger partial charge in [-0.15, -0.1) is 0 Å². The Kier molecular flexibility index (Phi) is 5.53. The molecule has 1 saturated carbocycles. The summed E-state index contributed by atoms with van der Waals surface area (Å²) in [6.45, 7) is 7.03. The predicted molar refractivity (Wildman–Crippen MR) is 146 cm³/mol. The molecular formula is C29H31N5O5S. The summed E-state index contributed by atoms with van der Waals surface area (Å²) in [6.07, 6.45) is 4.98. The van der Waals surface area contributed by atoms with Gasteiger partial charge in [-0.1, -0.05) is 0 Å². The minimum atomic E-state index is -3.66. The van der Waals surface area contributed by atoms with Crippen LogP contribution >= 0.6 is 0 Å². The van der Waals surface area contributed by atoms with Crippen LogP contribution in [0.5, 0.6) is 0 Å². The van der Waals surface area contributed by atoms with Crippen LogP contribution in [0.25, 0.3) is 22.6 Å². The quantitative estimate of drug-likeness (QED) is 0.490. The molecule has 208 valence electrons. The number of aryl methyl sites for hydroxylation is 1. The van der Waals surface area contributed by atoms with E-state index >= 15 is 0 Å². The summed E-state index contributed by atoms with van der Waals surface area (Å²) in [7, 11) is -3.66. The minimum absolute atomic E-state index is 0.0553. The topological polar surface area (TPSA) is 126 Å². The van der Waals surface area contributed by atoms with Crippen molar-refractivity contribution in [1.82, 2.24) is 24.8 Å². The first-order valence-electron chi connectivity index (χ1n) is 13.6. The average Bonchev–Trinajstić information content (AvgIpc) is 3.57. The summed E-state index contributed by atoms with van der Waals surface area (Å²) in [5.41, 5.74) is 4.14. The van der Waals surface area contributed by atoms with Crippen LogP contribution < -0.4 is 0 Å². The number of nitrogens with zero attached hydrogens (tertiary/aromatic N) is 4. The smallest absolute Gasteiger partial charge is 0.274 e. The van der Waals surface area contributed by atoms with Crippen molar-refractivity contribution in [2.24, 2.45) is 11.3 Å². The molecule has 5 heterocycles. The number of nitrogens with one attached hydrogen (secondary N) is 1. The van der Waals surface area contributed by atoms with Crippen LogP contribution in [-0.2, 0) is 21.1 Å². The summed E-state index contributed by atoms with van der Waals surface area (Å²) in [5.74, 6) is 0.622. The molecule has 3 fully saturated rings. The number of ether oxygens (including phenoxy) is 1. The summed E-state index contributed by atoms with van der Waals surface area (Å²) < 4.78 is 31.0. The highest BCUT2D eigenvalue weighted by molar-refractivity contribution is 7.90. The third-order valence-electron chi connectivity index (χ3n) is 8.77. The molecule has 3 aliphatic heterocycles. The van der Waals surface area contributed by atoms with E-state index in [2.05, 4.69) is 15.0 Å². The lowest BCUT2D eigenvalue weighted by atomic mass is 9.78. The predicted octanol–water partition coefficient (Wildman–Crippen LogP) is 3.08. The molecule has 40 heavy (non-hydrogen) atoms. The number of carbonyl (C=O) groups excluding carboxylic acids is 2. The van der Waals surface area contributed by atoms with Crippen molar-refractivity contribution in [1.29, 1.82) is 0 Å². The number of sulfone groups is 1. The van der Waals surface area contributed by atoms with E-state index < -0.39 is 9.84 Å². The highest BCUT2D eigenvalue weighted by Gasteiger charge is 2.51. The third-order valence-corrected chi connectivity index (χ3v) is 9.89. The van der Waals surface area contributed by atoms with Gasteiger partial charge in [0.25, 0.3) is 11.8 Å². The first kappa shape index (κ1) is 25.4. The summed E-state index contributed by atoms with van der Waals surface area (Å²) in [6, 6.07) is 7.20. The molecular weight excluding hydrogens is 530 g/mol. The fraction of sp³-hybridized carbons (Fsp3) is 0.448. The molecule has 1 spiro atoms. The van der Waals surface area contributed by atoms with Crippen molar-refractivity contribution in [3.8, 4) is 22.6 Å². The fourth-order valence-corrected chi connectivity index (χ4v) is 7.15. The van der Waals surface area contributed by atoms with Crippen molar-refractivity contribution in [2.75, 3.05) is 32.6 Å². The molecule has 1 atom stereocenters. The molecule has 11 heteroatoms. The van der Waals surface area contributed by atoms with Crippen molar-refractivity contribution in [3.63, 3.8) is 0 Å². The molecule has 2 amide bonds. The lowest BCUT2D eigenvalue weighted by molar-refractivity contribution is -0.176. The van der Waals surface area contributed by atoms with Crippen LogP contribution in [0, 0.1) is 18.3 Å². The highest BCUT2D eigenvalue weighted by Crippen LogP contribution is 2.41. The monoisotopic (exact) mass is 561 g/mol. The molecule has 0 unspecified atom stereocenters. The second kappa shape index (κ2) is 8.71. The Hall–Kier alpha value is -3.57. The molecule has 1 aliphatic carbocycles. The van der Waals surface area contributed by atoms with E-state index in [1.54, 1.807) is 28.1 Å². The normalized spacial score (nSPS) is 20.3. The molecule has 2 saturated heterocycles. The van der Waals surface area contributed by atoms with Crippen molar-refractivity contribution in [3.05, 3.63) is 53.0 Å². The van der Waals surface area contributed by atoms with Gasteiger partial charge in [0.15, 0.2) is 15.7 Å². The largest absolute Gasteiger partial charge is 0.380 e. The number of fused-ring (bicyclic) bond motifs is 1. The first-order valence-corrected chi connectivity index (χ1v) is 15.5. The van der Waals surface area contributed by atoms with Crippen molar-refractivity contribution < 1.29 is 22.7 Å². The number of pyridine rings is 1. The van der Waals surface area contributed by atoms with Gasteiger partial charge in [-0.3, -0.25) is 14.6 Å². The maximum absolute atomic E-state index is 13.3. The van der Waals surface area contributed by atoms with Crippen LogP contribution in [0.1, 0.15) is 51.9 Å². The molecule has 3 aromatic rings. The van der Waals surface area contributed by atoms with E-state index in [-0.39, 0.29) is 28.2 Å². The van der Waals surface area contributed by atoms with Gasteiger partial charge in [0.2, 0.25) is 0 Å². The van der Waals surface area contributed by atoms with Gasteiger partial charge in [-0.05, 0) is 73.6 Å². The molecule has 4 aliphatic rings. The van der Waals surface area contributed by atoms with Gasteiger partial charge in [0.1, 0.15) is 11.4 Å². The molecule has 2 aromatic heterocycles. The number of rotatable bonds is 6. The van der Waals surface area contributed by atoms with Crippen LogP contribution in [0.2, 0.25) is 0 Å². The van der Waals surface area contributed by atoms with E-state index in [9.17, 15) is 18.0 Å². The summed E-state index contributed by atoms with van der Waals surface area (Å²) >= 11 is 0. The van der Waals surface area contributed by atoms with Crippen LogP contribution in [-0.4, -0.2) is 83.6 Å². The Morgan fingerprint density at radius 2 is 1.93 bits per heavy atom. The zero-order chi connectivity index (χ0) is 28.0. The molecule has 1 N–H and O–H groups in total. The number of aromatic amines is 1. The Labute approximate surface area is 232 Å². The fourth-order valence-electron chi connectivity index (χ4n) is 6.22. The maximum Gasteiger partial charge on any atom is 0.274 e. The zero-order valence-electron chi connectivity index (χ0n) is 22.7. The summed E-state index contributed by atoms with van der Waals surface area (Å²) in [5, 5.41) is 0. The van der Waals surface area contributed by atoms with E-state index in [1.807, 2.05) is 26.0 Å². The number of H-pyrrole nitrogens is 1. The Morgan fingerprint density at radius 3 is 2.58 bits per heavy atom. The number of imidazole rings is 1. The number of hydrogen-bond acceptors (Lipinski definition) is 7. The van der Waals surface area contributed by atoms with Crippen molar-refractivity contribution >= 4 is 21.7 Å². The van der Waals surface area contributed by atoms with Crippen LogP contribution in [0.4, 0.5) is 0 Å². The van der Waals surface area contributed by atoms with E-state index in [0.29, 0.717) is 72.8 Å². The third kappa shape index (κ3) is 4.05. The minimum Gasteiger partial charge on any atom is -0.380 e. The highest BCUT2D eigenvalue weighted by atomic mass is 32.2. The van der Waals surface area contributed by atoms with Gasteiger partial charge < -0.3 is 19.5 Å². The van der Waals surface area contributed by atoms with Gasteiger partial charge in [0.05, 0.1) is 29.1 Å². The first-order chi connectivity index (χ1) is 19.0. The SMILES string of the molecule is Cc1[nH]c(-c2cc(-c3cc4c(c(S(C)(=O)=O)c3)C(=O)N([C@@H](C)C3CC3)C4)ccn2)nc1C(=O)N1CC2(COC2)C1. The van der Waals surface area contributed by atoms with Gasteiger partial charge >= 0.3 is 0 Å². The van der Waals surface area contributed by atoms with E-state index in [0.717, 1.165) is 30.2 Å². The number of aromatic nitrogens is 3.